The van der Waals surface area contributed by atoms with Gasteiger partial charge >= 0.3 is 6.09 Å². The van der Waals surface area contributed by atoms with Gasteiger partial charge in [-0.1, -0.05) is 30.3 Å². The molecule has 0 radical (unpaired) electrons. The van der Waals surface area contributed by atoms with Crippen LogP contribution in [0.25, 0.3) is 0 Å². The van der Waals surface area contributed by atoms with Crippen molar-refractivity contribution >= 4 is 23.7 Å². The van der Waals surface area contributed by atoms with E-state index < -0.39 is 6.09 Å². The topological polar surface area (TPSA) is 66.4 Å². The van der Waals surface area contributed by atoms with E-state index in [1.807, 2.05) is 37.3 Å². The van der Waals surface area contributed by atoms with Crippen LogP contribution in [0.4, 0.5) is 4.79 Å². The van der Waals surface area contributed by atoms with Crippen molar-refractivity contribution in [1.82, 2.24) is 5.32 Å². The molecule has 2 aromatic rings. The number of aldehydes is 1. The summed E-state index contributed by atoms with van der Waals surface area (Å²) in [7, 11) is 0. The lowest BCUT2D eigenvalue weighted by Gasteiger charge is -2.17. The molecule has 0 saturated heterocycles. The molecule has 0 aliphatic carbocycles. The molecule has 20 heavy (non-hydrogen) atoms. The second-order valence-electron chi connectivity index (χ2n) is 4.47. The number of benzene rings is 1. The van der Waals surface area contributed by atoms with Crippen LogP contribution in [0.3, 0.4) is 0 Å². The third-order valence-corrected chi connectivity index (χ3v) is 4.04. The Morgan fingerprint density at radius 2 is 2.10 bits per heavy atom. The summed E-state index contributed by atoms with van der Waals surface area (Å²) in [5.41, 5.74) is 1.91. The van der Waals surface area contributed by atoms with Gasteiger partial charge < -0.3 is 10.4 Å². The van der Waals surface area contributed by atoms with Gasteiger partial charge in [0.2, 0.25) is 0 Å². The van der Waals surface area contributed by atoms with E-state index in [1.165, 1.54) is 11.3 Å². The van der Waals surface area contributed by atoms with Crippen molar-refractivity contribution in [2.75, 3.05) is 0 Å². The first kappa shape index (κ1) is 14.3. The van der Waals surface area contributed by atoms with Gasteiger partial charge in [0.1, 0.15) is 0 Å². The molecule has 1 aromatic carbocycles. The minimum Gasteiger partial charge on any atom is -0.465 e. The summed E-state index contributed by atoms with van der Waals surface area (Å²) in [5, 5.41) is 11.5. The van der Waals surface area contributed by atoms with Crippen LogP contribution in [0.15, 0.2) is 36.4 Å². The number of hydrogen-bond acceptors (Lipinski definition) is 3. The van der Waals surface area contributed by atoms with Crippen molar-refractivity contribution in [1.29, 1.82) is 0 Å². The Morgan fingerprint density at radius 1 is 1.40 bits per heavy atom. The van der Waals surface area contributed by atoms with E-state index in [0.29, 0.717) is 11.3 Å². The summed E-state index contributed by atoms with van der Waals surface area (Å²) in [6.45, 7) is 1.90. The fourth-order valence-electron chi connectivity index (χ4n) is 2.16. The molecule has 1 unspecified atom stereocenters. The fourth-order valence-corrected chi connectivity index (χ4v) is 3.07. The van der Waals surface area contributed by atoms with E-state index in [2.05, 4.69) is 5.32 Å². The second kappa shape index (κ2) is 6.34. The average Bonchev–Trinajstić information content (AvgIpc) is 2.80. The van der Waals surface area contributed by atoms with Crippen molar-refractivity contribution in [2.45, 2.75) is 19.4 Å². The van der Waals surface area contributed by atoms with Crippen molar-refractivity contribution in [3.05, 3.63) is 57.3 Å². The van der Waals surface area contributed by atoms with Crippen LogP contribution >= 0.6 is 11.3 Å². The Labute approximate surface area is 121 Å². The molecule has 1 amide bonds. The molecule has 0 saturated carbocycles. The Bertz CT molecular complexity index is 607. The monoisotopic (exact) mass is 289 g/mol. The minimum atomic E-state index is -1.07. The molecule has 1 aromatic heterocycles. The van der Waals surface area contributed by atoms with Crippen LogP contribution < -0.4 is 5.32 Å². The summed E-state index contributed by atoms with van der Waals surface area (Å²) < 4.78 is 0. The Kier molecular flexibility index (Phi) is 4.53. The zero-order valence-corrected chi connectivity index (χ0v) is 11.8. The van der Waals surface area contributed by atoms with Crippen LogP contribution in [0.1, 0.15) is 31.7 Å². The van der Waals surface area contributed by atoms with Gasteiger partial charge in [-0.2, -0.15) is 0 Å². The predicted octanol–water partition coefficient (Wildman–Crippen LogP) is 3.42. The smallest absolute Gasteiger partial charge is 0.405 e. The fraction of sp³-hybridized carbons (Fsp3) is 0.200. The highest BCUT2D eigenvalue weighted by Gasteiger charge is 2.19. The molecule has 0 aliphatic heterocycles. The van der Waals surface area contributed by atoms with Gasteiger partial charge in [-0.05, 0) is 30.5 Å². The van der Waals surface area contributed by atoms with E-state index in [1.54, 1.807) is 6.07 Å². The number of carboxylic acid groups (broad SMARTS) is 1. The predicted molar refractivity (Wildman–Crippen MR) is 78.5 cm³/mol. The number of amides is 1. The standard InChI is InChI=1S/C15H15NO3S/c1-10-13(8-12(9-17)20-10)14(16-15(18)19)7-11-5-3-2-4-6-11/h2-6,8-9,14,16H,7H2,1H3,(H,18,19). The molecule has 0 fully saturated rings. The van der Waals surface area contributed by atoms with Gasteiger partial charge in [0.25, 0.3) is 0 Å². The van der Waals surface area contributed by atoms with Gasteiger partial charge in [-0.15, -0.1) is 11.3 Å². The van der Waals surface area contributed by atoms with Crippen LogP contribution in [0.5, 0.6) is 0 Å². The first-order valence-electron chi connectivity index (χ1n) is 6.19. The highest BCUT2D eigenvalue weighted by molar-refractivity contribution is 7.13. The molecule has 1 heterocycles. The Hall–Kier alpha value is -2.14. The molecule has 4 nitrogen and oxygen atoms in total. The number of carbonyl (C=O) groups excluding carboxylic acids is 1. The summed E-state index contributed by atoms with van der Waals surface area (Å²) >= 11 is 1.38. The number of hydrogen-bond donors (Lipinski definition) is 2. The SMILES string of the molecule is Cc1sc(C=O)cc1C(Cc1ccccc1)NC(=O)O. The molecular weight excluding hydrogens is 274 g/mol. The zero-order valence-electron chi connectivity index (χ0n) is 11.0. The lowest BCUT2D eigenvalue weighted by atomic mass is 9.99. The van der Waals surface area contributed by atoms with E-state index in [0.717, 1.165) is 22.3 Å². The van der Waals surface area contributed by atoms with Crippen LogP contribution in [0.2, 0.25) is 0 Å². The summed E-state index contributed by atoms with van der Waals surface area (Å²) in [5.74, 6) is 0. The molecule has 2 rings (SSSR count). The molecule has 2 N–H and O–H groups in total. The quantitative estimate of drug-likeness (QED) is 0.829. The Morgan fingerprint density at radius 3 is 2.65 bits per heavy atom. The van der Waals surface area contributed by atoms with E-state index >= 15 is 0 Å². The highest BCUT2D eigenvalue weighted by atomic mass is 32.1. The number of thiophene rings is 1. The molecule has 0 spiro atoms. The van der Waals surface area contributed by atoms with E-state index in [-0.39, 0.29) is 6.04 Å². The minimum absolute atomic E-state index is 0.347. The molecule has 0 bridgehead atoms. The van der Waals surface area contributed by atoms with Crippen molar-refractivity contribution in [2.24, 2.45) is 0 Å². The van der Waals surface area contributed by atoms with E-state index in [4.69, 9.17) is 5.11 Å². The Balaban J connectivity index is 2.29. The largest absolute Gasteiger partial charge is 0.465 e. The second-order valence-corrected chi connectivity index (χ2v) is 5.76. The molecule has 1 atom stereocenters. The maximum Gasteiger partial charge on any atom is 0.405 e. The van der Waals surface area contributed by atoms with Crippen LogP contribution in [0, 0.1) is 6.92 Å². The number of carbonyl (C=O) groups is 2. The van der Waals surface area contributed by atoms with Gasteiger partial charge in [0, 0.05) is 4.88 Å². The number of nitrogens with one attached hydrogen (secondary N) is 1. The van der Waals surface area contributed by atoms with Gasteiger partial charge in [0.15, 0.2) is 6.29 Å². The maximum atomic E-state index is 11.0. The number of aryl methyl sites for hydroxylation is 1. The molecule has 5 heteroatoms. The normalized spacial score (nSPS) is 11.8. The summed E-state index contributed by atoms with van der Waals surface area (Å²) in [6.07, 6.45) is 0.286. The average molecular weight is 289 g/mol. The van der Waals surface area contributed by atoms with E-state index in [9.17, 15) is 9.59 Å². The molecular formula is C15H15NO3S. The first-order chi connectivity index (χ1) is 9.60. The van der Waals surface area contributed by atoms with Gasteiger partial charge in [0.05, 0.1) is 10.9 Å². The van der Waals surface area contributed by atoms with Crippen molar-refractivity contribution < 1.29 is 14.7 Å². The molecule has 104 valence electrons. The third-order valence-electron chi connectivity index (χ3n) is 3.05. The van der Waals surface area contributed by atoms with Crippen molar-refractivity contribution in [3.8, 4) is 0 Å². The lowest BCUT2D eigenvalue weighted by molar-refractivity contribution is 0.112. The highest BCUT2D eigenvalue weighted by Crippen LogP contribution is 2.28. The van der Waals surface area contributed by atoms with Gasteiger partial charge in [-0.25, -0.2) is 4.79 Å². The van der Waals surface area contributed by atoms with Gasteiger partial charge in [-0.3, -0.25) is 4.79 Å². The molecule has 0 aliphatic rings. The van der Waals surface area contributed by atoms with Crippen LogP contribution in [-0.2, 0) is 6.42 Å². The first-order valence-corrected chi connectivity index (χ1v) is 7.00. The summed E-state index contributed by atoms with van der Waals surface area (Å²) in [6, 6.07) is 11.1. The summed E-state index contributed by atoms with van der Waals surface area (Å²) in [4.78, 5) is 23.4. The lowest BCUT2D eigenvalue weighted by Crippen LogP contribution is -2.28. The number of rotatable bonds is 5. The zero-order chi connectivity index (χ0) is 14.5. The maximum absolute atomic E-state index is 11.0. The van der Waals surface area contributed by atoms with Crippen LogP contribution in [-0.4, -0.2) is 17.5 Å². The third kappa shape index (κ3) is 3.45. The van der Waals surface area contributed by atoms with Crippen molar-refractivity contribution in [3.63, 3.8) is 0 Å².